The van der Waals surface area contributed by atoms with Gasteiger partial charge in [-0.2, -0.15) is 4.98 Å². The Balaban J connectivity index is 2.42. The molecule has 3 N–H and O–H groups in total. The zero-order valence-electron chi connectivity index (χ0n) is 9.30. The van der Waals surface area contributed by atoms with Crippen molar-refractivity contribution in [2.24, 2.45) is 0 Å². The van der Waals surface area contributed by atoms with E-state index in [4.69, 9.17) is 17.3 Å². The lowest BCUT2D eigenvalue weighted by Crippen LogP contribution is -2.04. The number of nitrogen functional groups attached to an aromatic ring is 1. The molecule has 0 radical (unpaired) electrons. The zero-order valence-corrected chi connectivity index (χ0v) is 12.2. The molecule has 98 valence electrons. The number of anilines is 3. The number of benzene rings is 1. The van der Waals surface area contributed by atoms with Crippen molar-refractivity contribution in [3.8, 4) is 0 Å². The first-order valence-corrected chi connectivity index (χ1v) is 6.42. The summed E-state index contributed by atoms with van der Waals surface area (Å²) < 4.78 is 0.949. The van der Waals surface area contributed by atoms with E-state index in [1.54, 1.807) is 12.1 Å². The lowest BCUT2D eigenvalue weighted by molar-refractivity contribution is -0.384. The van der Waals surface area contributed by atoms with Crippen LogP contribution < -0.4 is 11.1 Å². The molecule has 2 rings (SSSR count). The van der Waals surface area contributed by atoms with Crippen molar-refractivity contribution < 1.29 is 4.92 Å². The predicted molar refractivity (Wildman–Crippen MR) is 80.6 cm³/mol. The monoisotopic (exact) mass is 391 g/mol. The smallest absolute Gasteiger partial charge is 0.329 e. The van der Waals surface area contributed by atoms with Gasteiger partial charge < -0.3 is 11.1 Å². The highest BCUT2D eigenvalue weighted by molar-refractivity contribution is 14.1. The fraction of sp³-hybridized carbons (Fsp3) is 0. The average Bonchev–Trinajstić information content (AvgIpc) is 2.32. The summed E-state index contributed by atoms with van der Waals surface area (Å²) in [7, 11) is 0. The number of nitrogens with two attached hydrogens (primary N) is 1. The molecule has 7 nitrogen and oxygen atoms in total. The maximum Gasteiger partial charge on any atom is 0.329 e. The van der Waals surface area contributed by atoms with Crippen molar-refractivity contribution in [1.29, 1.82) is 0 Å². The highest BCUT2D eigenvalue weighted by atomic mass is 127. The van der Waals surface area contributed by atoms with E-state index in [1.807, 2.05) is 6.07 Å². The minimum absolute atomic E-state index is 0.000563. The third-order valence-electron chi connectivity index (χ3n) is 2.17. The zero-order chi connectivity index (χ0) is 14.0. The quantitative estimate of drug-likeness (QED) is 0.473. The number of hydrogen-bond acceptors (Lipinski definition) is 6. The molecule has 2 aromatic rings. The number of rotatable bonds is 3. The standard InChI is InChI=1S/C10H7ClIN5O2/c11-6-3-5(12)1-2-7(6)15-9-8(17(18)19)4-14-10(13)16-9/h1-4H,(H3,13,14,15,16). The molecule has 1 heterocycles. The van der Waals surface area contributed by atoms with Gasteiger partial charge in [0.1, 0.15) is 6.20 Å². The third-order valence-corrected chi connectivity index (χ3v) is 3.15. The Labute approximate surface area is 126 Å². The van der Waals surface area contributed by atoms with E-state index in [9.17, 15) is 10.1 Å². The van der Waals surface area contributed by atoms with Crippen LogP contribution >= 0.6 is 34.2 Å². The minimum atomic E-state index is -0.595. The first-order valence-electron chi connectivity index (χ1n) is 4.96. The van der Waals surface area contributed by atoms with Gasteiger partial charge in [0.15, 0.2) is 0 Å². The van der Waals surface area contributed by atoms with Gasteiger partial charge in [-0.15, -0.1) is 0 Å². The van der Waals surface area contributed by atoms with Crippen LogP contribution in [0.25, 0.3) is 0 Å². The maximum atomic E-state index is 10.9. The van der Waals surface area contributed by atoms with E-state index in [2.05, 4.69) is 37.9 Å². The summed E-state index contributed by atoms with van der Waals surface area (Å²) in [5.41, 5.74) is 5.65. The topological polar surface area (TPSA) is 107 Å². The molecule has 0 bridgehead atoms. The fourth-order valence-corrected chi connectivity index (χ4v) is 2.24. The number of halogens is 2. The maximum absolute atomic E-state index is 10.9. The van der Waals surface area contributed by atoms with Crippen LogP contribution in [0.2, 0.25) is 5.02 Å². The molecule has 9 heteroatoms. The fourth-order valence-electron chi connectivity index (χ4n) is 1.33. The van der Waals surface area contributed by atoms with Crippen LogP contribution in [-0.2, 0) is 0 Å². The summed E-state index contributed by atoms with van der Waals surface area (Å²) in [5, 5.41) is 14.1. The molecule has 0 aliphatic carbocycles. The van der Waals surface area contributed by atoms with Gasteiger partial charge in [0.2, 0.25) is 11.8 Å². The highest BCUT2D eigenvalue weighted by Crippen LogP contribution is 2.30. The van der Waals surface area contributed by atoms with Crippen molar-refractivity contribution in [3.63, 3.8) is 0 Å². The Morgan fingerprint density at radius 3 is 2.84 bits per heavy atom. The van der Waals surface area contributed by atoms with Gasteiger partial charge in [0.25, 0.3) is 0 Å². The van der Waals surface area contributed by atoms with Crippen molar-refractivity contribution in [2.75, 3.05) is 11.1 Å². The van der Waals surface area contributed by atoms with Crippen molar-refractivity contribution in [1.82, 2.24) is 9.97 Å². The van der Waals surface area contributed by atoms with Gasteiger partial charge in [-0.3, -0.25) is 10.1 Å². The number of hydrogen-bond donors (Lipinski definition) is 2. The Kier molecular flexibility index (Phi) is 4.00. The Morgan fingerprint density at radius 2 is 2.21 bits per heavy atom. The number of nitrogens with one attached hydrogen (secondary N) is 1. The Bertz CT molecular complexity index is 652. The summed E-state index contributed by atoms with van der Waals surface area (Å²) in [5.74, 6) is -0.0599. The summed E-state index contributed by atoms with van der Waals surface area (Å²) in [4.78, 5) is 17.7. The van der Waals surface area contributed by atoms with Crippen LogP contribution in [0.1, 0.15) is 0 Å². The van der Waals surface area contributed by atoms with Gasteiger partial charge in [-0.25, -0.2) is 4.98 Å². The normalized spacial score (nSPS) is 10.2. The van der Waals surface area contributed by atoms with Gasteiger partial charge in [0, 0.05) is 3.57 Å². The molecule has 19 heavy (non-hydrogen) atoms. The SMILES string of the molecule is Nc1ncc([N+](=O)[O-])c(Nc2ccc(I)cc2Cl)n1. The molecule has 0 unspecified atom stereocenters. The van der Waals surface area contributed by atoms with Crippen molar-refractivity contribution in [3.05, 3.63) is 43.1 Å². The second kappa shape index (κ2) is 5.53. The molecular formula is C10H7ClIN5O2. The number of nitro groups is 1. The second-order valence-electron chi connectivity index (χ2n) is 3.47. The molecule has 0 aliphatic rings. The molecular weight excluding hydrogens is 385 g/mol. The number of aromatic nitrogens is 2. The summed E-state index contributed by atoms with van der Waals surface area (Å²) >= 11 is 8.15. The van der Waals surface area contributed by atoms with E-state index >= 15 is 0 Å². The molecule has 0 saturated heterocycles. The van der Waals surface area contributed by atoms with Crippen LogP contribution in [0, 0.1) is 13.7 Å². The van der Waals surface area contributed by atoms with Gasteiger partial charge >= 0.3 is 5.69 Å². The number of nitrogens with zero attached hydrogens (tertiary/aromatic N) is 3. The summed E-state index contributed by atoms with van der Waals surface area (Å²) in [6.45, 7) is 0. The van der Waals surface area contributed by atoms with Gasteiger partial charge in [-0.1, -0.05) is 11.6 Å². The molecule has 0 fully saturated rings. The summed E-state index contributed by atoms with van der Waals surface area (Å²) in [6, 6.07) is 5.23. The van der Waals surface area contributed by atoms with Crippen molar-refractivity contribution in [2.45, 2.75) is 0 Å². The van der Waals surface area contributed by atoms with Gasteiger partial charge in [-0.05, 0) is 40.8 Å². The van der Waals surface area contributed by atoms with E-state index < -0.39 is 4.92 Å². The van der Waals surface area contributed by atoms with Crippen LogP contribution in [0.4, 0.5) is 23.1 Å². The lowest BCUT2D eigenvalue weighted by atomic mass is 10.3. The predicted octanol–water partition coefficient (Wildman–Crippen LogP) is 2.97. The molecule has 0 amide bonds. The Morgan fingerprint density at radius 1 is 1.47 bits per heavy atom. The second-order valence-corrected chi connectivity index (χ2v) is 5.12. The van der Waals surface area contributed by atoms with E-state index in [0.717, 1.165) is 9.77 Å². The van der Waals surface area contributed by atoms with E-state index in [-0.39, 0.29) is 17.5 Å². The van der Waals surface area contributed by atoms with Crippen LogP contribution in [0.5, 0.6) is 0 Å². The van der Waals surface area contributed by atoms with Crippen LogP contribution in [0.15, 0.2) is 24.4 Å². The molecule has 0 atom stereocenters. The molecule has 1 aromatic carbocycles. The van der Waals surface area contributed by atoms with Crippen molar-refractivity contribution >= 4 is 57.3 Å². The molecule has 1 aromatic heterocycles. The first kappa shape index (κ1) is 13.7. The van der Waals surface area contributed by atoms with E-state index in [0.29, 0.717) is 10.7 Å². The molecule has 0 saturated carbocycles. The van der Waals surface area contributed by atoms with Gasteiger partial charge in [0.05, 0.1) is 15.6 Å². The third kappa shape index (κ3) is 3.20. The molecule has 0 aliphatic heterocycles. The summed E-state index contributed by atoms with van der Waals surface area (Å²) in [6.07, 6.45) is 1.05. The highest BCUT2D eigenvalue weighted by Gasteiger charge is 2.17. The van der Waals surface area contributed by atoms with Crippen LogP contribution in [-0.4, -0.2) is 14.9 Å². The van der Waals surface area contributed by atoms with Crippen LogP contribution in [0.3, 0.4) is 0 Å². The molecule has 0 spiro atoms. The largest absolute Gasteiger partial charge is 0.368 e. The van der Waals surface area contributed by atoms with E-state index in [1.165, 1.54) is 0 Å². The Hall–Kier alpha value is -1.68. The average molecular weight is 392 g/mol. The lowest BCUT2D eigenvalue weighted by Gasteiger charge is -2.08. The minimum Gasteiger partial charge on any atom is -0.368 e. The first-order chi connectivity index (χ1) is 8.97.